The van der Waals surface area contributed by atoms with E-state index in [4.69, 9.17) is 9.47 Å². The standard InChI is InChI=1S/2C17H20N4O5S/c2*1-4-6-14-18-10(3)15-17(22)19-16(20-21(14)15)12-9-11(27(23,24)25)7-8-13(12)26-5-2/h2*7-9H,4-6H2,1-3H3,(H,19,20,22)(H,23,24,25). The van der Waals surface area contributed by atoms with E-state index in [0.29, 0.717) is 71.6 Å². The summed E-state index contributed by atoms with van der Waals surface area (Å²) in [5, 5.41) is 8.91. The van der Waals surface area contributed by atoms with Crippen molar-refractivity contribution in [3.05, 3.63) is 80.1 Å². The van der Waals surface area contributed by atoms with Crippen LogP contribution >= 0.6 is 0 Å². The third-order valence-electron chi connectivity index (χ3n) is 8.04. The van der Waals surface area contributed by atoms with Crippen molar-refractivity contribution in [2.75, 3.05) is 13.2 Å². The van der Waals surface area contributed by atoms with Crippen LogP contribution in [0.1, 0.15) is 63.6 Å². The van der Waals surface area contributed by atoms with Crippen LogP contribution in [0.2, 0.25) is 0 Å². The second-order valence-electron chi connectivity index (χ2n) is 12.0. The molecule has 20 heteroatoms. The molecule has 6 rings (SSSR count). The molecule has 6 aromatic rings. The number of benzene rings is 2. The molecule has 0 radical (unpaired) electrons. The summed E-state index contributed by atoms with van der Waals surface area (Å²) in [5.41, 5.74) is 1.52. The first-order valence-corrected chi connectivity index (χ1v) is 19.9. The van der Waals surface area contributed by atoms with Gasteiger partial charge in [0, 0.05) is 12.8 Å². The zero-order chi connectivity index (χ0) is 39.5. The van der Waals surface area contributed by atoms with E-state index in [0.717, 1.165) is 12.8 Å². The first kappa shape index (κ1) is 39.8. The topological polar surface area (TPSA) is 253 Å². The third kappa shape index (κ3) is 8.20. The van der Waals surface area contributed by atoms with Crippen LogP contribution in [0, 0.1) is 13.8 Å². The number of hydrogen-bond donors (Lipinski definition) is 4. The number of nitrogens with one attached hydrogen (secondary N) is 2. The fourth-order valence-corrected chi connectivity index (χ4v) is 6.77. The minimum absolute atomic E-state index is 0.121. The fourth-order valence-electron chi connectivity index (χ4n) is 5.76. The number of hydrogen-bond acceptors (Lipinski definition) is 12. The van der Waals surface area contributed by atoms with Crippen molar-refractivity contribution < 1.29 is 35.4 Å². The van der Waals surface area contributed by atoms with Gasteiger partial charge in [-0.25, -0.2) is 19.0 Å². The second-order valence-corrected chi connectivity index (χ2v) is 14.8. The van der Waals surface area contributed by atoms with Crippen LogP contribution in [0.25, 0.3) is 33.8 Å². The Hall–Kier alpha value is -5.44. The van der Waals surface area contributed by atoms with Crippen molar-refractivity contribution in [2.24, 2.45) is 0 Å². The summed E-state index contributed by atoms with van der Waals surface area (Å²) in [7, 11) is -8.85. The molecular weight excluding hydrogens is 745 g/mol. The molecule has 4 aromatic heterocycles. The lowest BCUT2D eigenvalue weighted by Gasteiger charge is -2.11. The molecule has 4 N–H and O–H groups in total. The Morgan fingerprint density at radius 3 is 1.33 bits per heavy atom. The lowest BCUT2D eigenvalue weighted by molar-refractivity contribution is 0.341. The summed E-state index contributed by atoms with van der Waals surface area (Å²) in [5.74, 6) is 2.19. The van der Waals surface area contributed by atoms with Crippen LogP contribution in [0.15, 0.2) is 55.8 Å². The smallest absolute Gasteiger partial charge is 0.294 e. The molecule has 0 unspecified atom stereocenters. The van der Waals surface area contributed by atoms with E-state index in [2.05, 4.69) is 30.1 Å². The number of rotatable bonds is 12. The maximum absolute atomic E-state index is 12.6. The molecule has 18 nitrogen and oxygen atoms in total. The first-order chi connectivity index (χ1) is 25.5. The lowest BCUT2D eigenvalue weighted by Crippen LogP contribution is -2.16. The Morgan fingerprint density at radius 2 is 1.02 bits per heavy atom. The number of nitrogens with zero attached hydrogens (tertiary/aromatic N) is 6. The number of aromatic nitrogens is 8. The van der Waals surface area contributed by atoms with Crippen LogP contribution in [0.3, 0.4) is 0 Å². The van der Waals surface area contributed by atoms with Crippen LogP contribution in [0.4, 0.5) is 0 Å². The maximum Gasteiger partial charge on any atom is 0.294 e. The van der Waals surface area contributed by atoms with Gasteiger partial charge >= 0.3 is 0 Å². The molecule has 0 saturated heterocycles. The van der Waals surface area contributed by atoms with E-state index >= 15 is 0 Å². The van der Waals surface area contributed by atoms with E-state index in [9.17, 15) is 35.5 Å². The van der Waals surface area contributed by atoms with E-state index in [1.165, 1.54) is 45.4 Å². The SMILES string of the molecule is CCCc1nc(C)c2c(=O)[nH]c(-c3cc(S(=O)(=O)O)ccc3OCC)nn12.CCCc1nc(C)c2c(=O)[nH]c(-c3cc(S(=O)(=O)O)ccc3OCC)nn12. The summed E-state index contributed by atoms with van der Waals surface area (Å²) in [4.78, 5) is 38.7. The Labute approximate surface area is 309 Å². The zero-order valence-corrected chi connectivity index (χ0v) is 32.0. The Morgan fingerprint density at radius 1 is 0.648 bits per heavy atom. The summed E-state index contributed by atoms with van der Waals surface area (Å²) < 4.78 is 78.8. The molecule has 2 aromatic carbocycles. The minimum atomic E-state index is -4.42. The van der Waals surface area contributed by atoms with Crippen LogP contribution < -0.4 is 20.6 Å². The molecule has 54 heavy (non-hydrogen) atoms. The average molecular weight is 785 g/mol. The van der Waals surface area contributed by atoms with Crippen molar-refractivity contribution >= 4 is 31.3 Å². The van der Waals surface area contributed by atoms with Gasteiger partial charge < -0.3 is 19.4 Å². The van der Waals surface area contributed by atoms with Gasteiger partial charge in [0.1, 0.15) is 23.1 Å². The van der Waals surface area contributed by atoms with Crippen LogP contribution in [0.5, 0.6) is 11.5 Å². The van der Waals surface area contributed by atoms with Crippen molar-refractivity contribution in [1.82, 2.24) is 39.2 Å². The highest BCUT2D eigenvalue weighted by molar-refractivity contribution is 7.86. The molecule has 0 saturated carbocycles. The Bertz CT molecular complexity index is 2510. The van der Waals surface area contributed by atoms with E-state index in [1.807, 2.05) is 13.8 Å². The number of H-pyrrole nitrogens is 2. The van der Waals surface area contributed by atoms with Gasteiger partial charge in [-0.05, 0) is 76.9 Å². The number of imidazole rings is 2. The van der Waals surface area contributed by atoms with Gasteiger partial charge in [0.25, 0.3) is 31.4 Å². The van der Waals surface area contributed by atoms with E-state index in [1.54, 1.807) is 27.7 Å². The van der Waals surface area contributed by atoms with Crippen LogP contribution in [-0.4, -0.2) is 78.3 Å². The third-order valence-corrected chi connectivity index (χ3v) is 9.74. The van der Waals surface area contributed by atoms with Gasteiger partial charge in [0.15, 0.2) is 22.7 Å². The molecule has 0 aliphatic carbocycles. The van der Waals surface area contributed by atoms with Crippen molar-refractivity contribution in [1.29, 1.82) is 0 Å². The maximum atomic E-state index is 12.6. The number of aryl methyl sites for hydroxylation is 4. The Balaban J connectivity index is 0.000000208. The molecule has 0 fully saturated rings. The fraction of sp³-hybridized carbons (Fsp3) is 0.353. The predicted octanol–water partition coefficient (Wildman–Crippen LogP) is 3.98. The highest BCUT2D eigenvalue weighted by Gasteiger charge is 2.21. The zero-order valence-electron chi connectivity index (χ0n) is 30.4. The molecule has 0 amide bonds. The van der Waals surface area contributed by atoms with E-state index in [-0.39, 0.29) is 32.6 Å². The summed E-state index contributed by atoms with van der Waals surface area (Å²) in [6.07, 6.45) is 2.91. The predicted molar refractivity (Wildman–Crippen MR) is 198 cm³/mol. The van der Waals surface area contributed by atoms with Gasteiger partial charge in [-0.1, -0.05) is 13.8 Å². The van der Waals surface area contributed by atoms with Gasteiger partial charge in [0.2, 0.25) is 0 Å². The van der Waals surface area contributed by atoms with Crippen molar-refractivity contribution in [3.8, 4) is 34.3 Å². The van der Waals surface area contributed by atoms with E-state index < -0.39 is 31.4 Å². The van der Waals surface area contributed by atoms with Crippen LogP contribution in [-0.2, 0) is 33.1 Å². The summed E-state index contributed by atoms with van der Waals surface area (Å²) >= 11 is 0. The number of aromatic amines is 2. The highest BCUT2D eigenvalue weighted by atomic mass is 32.2. The van der Waals surface area contributed by atoms with Gasteiger partial charge in [-0.3, -0.25) is 18.7 Å². The normalized spacial score (nSPS) is 11.9. The second kappa shape index (κ2) is 15.9. The average Bonchev–Trinajstić information content (AvgIpc) is 3.60. The number of fused-ring (bicyclic) bond motifs is 2. The first-order valence-electron chi connectivity index (χ1n) is 17.0. The van der Waals surface area contributed by atoms with Gasteiger partial charge in [-0.2, -0.15) is 16.8 Å². The molecule has 4 heterocycles. The molecule has 0 aliphatic rings. The Kier molecular flexibility index (Phi) is 11.7. The van der Waals surface area contributed by atoms with Crippen molar-refractivity contribution in [2.45, 2.75) is 77.0 Å². The van der Waals surface area contributed by atoms with Crippen molar-refractivity contribution in [3.63, 3.8) is 0 Å². The van der Waals surface area contributed by atoms with Gasteiger partial charge in [0.05, 0.1) is 45.5 Å². The number of ether oxygens (including phenoxy) is 2. The monoisotopic (exact) mass is 784 g/mol. The minimum Gasteiger partial charge on any atom is -0.493 e. The molecule has 0 atom stereocenters. The quantitative estimate of drug-likeness (QED) is 0.128. The van der Waals surface area contributed by atoms with Gasteiger partial charge in [-0.15, -0.1) is 10.2 Å². The molecule has 288 valence electrons. The summed E-state index contributed by atoms with van der Waals surface area (Å²) in [6.45, 7) is 11.7. The molecular formula is C34H40N8O10S2. The molecule has 0 aliphatic heterocycles. The molecule has 0 spiro atoms. The lowest BCUT2D eigenvalue weighted by atomic mass is 10.2. The molecule has 0 bridgehead atoms. The summed E-state index contributed by atoms with van der Waals surface area (Å²) in [6, 6.07) is 7.71. The largest absolute Gasteiger partial charge is 0.493 e. The highest BCUT2D eigenvalue weighted by Crippen LogP contribution is 2.31.